The highest BCUT2D eigenvalue weighted by molar-refractivity contribution is 5.94. The van der Waals surface area contributed by atoms with Crippen LogP contribution in [0.1, 0.15) is 30.3 Å². The molecule has 0 amide bonds. The first-order chi connectivity index (χ1) is 10.3. The zero-order valence-electron chi connectivity index (χ0n) is 11.8. The Balaban J connectivity index is 1.93. The van der Waals surface area contributed by atoms with Crippen molar-refractivity contribution in [2.45, 2.75) is 19.8 Å². The molecule has 0 saturated carbocycles. The lowest BCUT2D eigenvalue weighted by Gasteiger charge is -2.11. The van der Waals surface area contributed by atoms with Gasteiger partial charge in [0, 0.05) is 12.5 Å². The smallest absolute Gasteiger partial charge is 0.374 e. The summed E-state index contributed by atoms with van der Waals surface area (Å²) in [4.78, 5) is 11.7. The summed E-state index contributed by atoms with van der Waals surface area (Å²) < 4.78 is 16.4. The molecule has 108 valence electrons. The molecule has 0 aliphatic heterocycles. The Hall–Kier alpha value is -2.49. The highest BCUT2D eigenvalue weighted by Gasteiger charge is 2.16. The summed E-state index contributed by atoms with van der Waals surface area (Å²) in [5.74, 6) is 1.33. The van der Waals surface area contributed by atoms with Crippen LogP contribution >= 0.6 is 0 Å². The van der Waals surface area contributed by atoms with E-state index >= 15 is 0 Å². The molecule has 1 heterocycles. The van der Waals surface area contributed by atoms with E-state index in [9.17, 15) is 4.79 Å². The fourth-order valence-electron chi connectivity index (χ4n) is 2.23. The van der Waals surface area contributed by atoms with E-state index in [4.69, 9.17) is 13.9 Å². The van der Waals surface area contributed by atoms with Crippen molar-refractivity contribution in [1.29, 1.82) is 0 Å². The van der Waals surface area contributed by atoms with Crippen molar-refractivity contribution in [3.63, 3.8) is 0 Å². The SMILES string of the molecule is CCOC(=O)c1cc2c(OC3=CC=CCC3)cccc2o1. The lowest BCUT2D eigenvalue weighted by Crippen LogP contribution is -2.02. The minimum atomic E-state index is -0.459. The third-order valence-electron chi connectivity index (χ3n) is 3.21. The van der Waals surface area contributed by atoms with Crippen molar-refractivity contribution in [3.8, 4) is 5.75 Å². The summed E-state index contributed by atoms with van der Waals surface area (Å²) in [7, 11) is 0. The molecule has 0 unspecified atom stereocenters. The number of allylic oxidation sites excluding steroid dienone is 4. The molecule has 0 atom stereocenters. The van der Waals surface area contributed by atoms with Gasteiger partial charge in [0.05, 0.1) is 12.0 Å². The van der Waals surface area contributed by atoms with Gasteiger partial charge in [-0.25, -0.2) is 4.79 Å². The van der Waals surface area contributed by atoms with Crippen LogP contribution < -0.4 is 4.74 Å². The fourth-order valence-corrected chi connectivity index (χ4v) is 2.23. The van der Waals surface area contributed by atoms with Gasteiger partial charge in [-0.1, -0.05) is 18.2 Å². The summed E-state index contributed by atoms with van der Waals surface area (Å²) in [5, 5.41) is 0.774. The number of hydrogen-bond acceptors (Lipinski definition) is 4. The van der Waals surface area contributed by atoms with Crippen LogP contribution in [0.15, 0.2) is 52.7 Å². The normalized spacial score (nSPS) is 14.0. The Morgan fingerprint density at radius 3 is 3.05 bits per heavy atom. The summed E-state index contributed by atoms with van der Waals surface area (Å²) in [6.45, 7) is 2.08. The van der Waals surface area contributed by atoms with Crippen molar-refractivity contribution in [2.75, 3.05) is 6.61 Å². The van der Waals surface area contributed by atoms with E-state index in [0.717, 1.165) is 24.0 Å². The van der Waals surface area contributed by atoms with E-state index in [2.05, 4.69) is 6.08 Å². The molecule has 0 fully saturated rings. The predicted octanol–water partition coefficient (Wildman–Crippen LogP) is 4.22. The van der Waals surface area contributed by atoms with E-state index in [1.807, 2.05) is 24.3 Å². The van der Waals surface area contributed by atoms with Gasteiger partial charge in [0.1, 0.15) is 17.1 Å². The summed E-state index contributed by atoms with van der Waals surface area (Å²) in [6.07, 6.45) is 7.88. The van der Waals surface area contributed by atoms with Crippen LogP contribution in [-0.4, -0.2) is 12.6 Å². The molecule has 0 bridgehead atoms. The summed E-state index contributed by atoms with van der Waals surface area (Å²) >= 11 is 0. The number of furan rings is 1. The molecule has 1 aromatic carbocycles. The Kier molecular flexibility index (Phi) is 3.77. The third-order valence-corrected chi connectivity index (χ3v) is 3.21. The molecule has 1 aliphatic carbocycles. The lowest BCUT2D eigenvalue weighted by molar-refractivity contribution is 0.0492. The van der Waals surface area contributed by atoms with Gasteiger partial charge in [0.2, 0.25) is 5.76 Å². The average molecular weight is 284 g/mol. The second-order valence-electron chi connectivity index (χ2n) is 4.70. The molecule has 4 nitrogen and oxygen atoms in total. The molecular formula is C17H16O4. The number of ether oxygens (including phenoxy) is 2. The number of esters is 1. The quantitative estimate of drug-likeness (QED) is 0.789. The van der Waals surface area contributed by atoms with E-state index in [-0.39, 0.29) is 5.76 Å². The van der Waals surface area contributed by atoms with Crippen LogP contribution in [0.5, 0.6) is 5.75 Å². The van der Waals surface area contributed by atoms with Crippen molar-refractivity contribution >= 4 is 16.9 Å². The van der Waals surface area contributed by atoms with Gasteiger partial charge < -0.3 is 13.9 Å². The predicted molar refractivity (Wildman–Crippen MR) is 79.3 cm³/mol. The first kappa shape index (κ1) is 13.5. The molecule has 3 rings (SSSR count). The van der Waals surface area contributed by atoms with E-state index in [0.29, 0.717) is 17.9 Å². The number of rotatable bonds is 4. The molecule has 4 heteroatoms. The molecular weight excluding hydrogens is 268 g/mol. The minimum Gasteiger partial charge on any atom is -0.461 e. The van der Waals surface area contributed by atoms with Crippen LogP contribution in [-0.2, 0) is 4.74 Å². The van der Waals surface area contributed by atoms with Crippen LogP contribution in [0, 0.1) is 0 Å². The third kappa shape index (κ3) is 2.84. The van der Waals surface area contributed by atoms with Crippen LogP contribution in [0.4, 0.5) is 0 Å². The number of carbonyl (C=O) groups is 1. The van der Waals surface area contributed by atoms with Gasteiger partial charge >= 0.3 is 5.97 Å². The van der Waals surface area contributed by atoms with E-state index in [1.54, 1.807) is 19.1 Å². The first-order valence-corrected chi connectivity index (χ1v) is 7.01. The summed E-state index contributed by atoms with van der Waals surface area (Å²) in [6, 6.07) is 7.18. The maximum Gasteiger partial charge on any atom is 0.374 e. The van der Waals surface area contributed by atoms with Crippen molar-refractivity contribution < 1.29 is 18.7 Å². The zero-order chi connectivity index (χ0) is 14.7. The molecule has 1 aromatic heterocycles. The zero-order valence-corrected chi connectivity index (χ0v) is 11.8. The maximum absolute atomic E-state index is 11.7. The van der Waals surface area contributed by atoms with Gasteiger partial charge in [-0.3, -0.25) is 0 Å². The number of benzene rings is 1. The first-order valence-electron chi connectivity index (χ1n) is 7.01. The van der Waals surface area contributed by atoms with Crippen LogP contribution in [0.3, 0.4) is 0 Å². The Morgan fingerprint density at radius 1 is 1.38 bits per heavy atom. The highest BCUT2D eigenvalue weighted by Crippen LogP contribution is 2.31. The van der Waals surface area contributed by atoms with Crippen molar-refractivity contribution in [1.82, 2.24) is 0 Å². The second kappa shape index (κ2) is 5.87. The molecule has 0 spiro atoms. The molecule has 0 saturated heterocycles. The number of carbonyl (C=O) groups excluding carboxylic acids is 1. The van der Waals surface area contributed by atoms with Gasteiger partial charge in [-0.2, -0.15) is 0 Å². The standard InChI is InChI=1S/C17H16O4/c1-2-19-17(18)16-11-13-14(9-6-10-15(13)21-16)20-12-7-4-3-5-8-12/h3-4,6-7,9-11H,2,5,8H2,1H3. The number of hydrogen-bond donors (Lipinski definition) is 0. The molecule has 1 aliphatic rings. The maximum atomic E-state index is 11.7. The molecule has 21 heavy (non-hydrogen) atoms. The highest BCUT2D eigenvalue weighted by atomic mass is 16.5. The van der Waals surface area contributed by atoms with Crippen LogP contribution in [0.2, 0.25) is 0 Å². The fraction of sp³-hybridized carbons (Fsp3) is 0.235. The van der Waals surface area contributed by atoms with Crippen LogP contribution in [0.25, 0.3) is 11.0 Å². The number of fused-ring (bicyclic) bond motifs is 1. The average Bonchev–Trinajstić information content (AvgIpc) is 2.94. The second-order valence-corrected chi connectivity index (χ2v) is 4.70. The van der Waals surface area contributed by atoms with Gasteiger partial charge in [0.15, 0.2) is 0 Å². The largest absolute Gasteiger partial charge is 0.461 e. The topological polar surface area (TPSA) is 48.7 Å². The monoisotopic (exact) mass is 284 g/mol. The molecule has 0 radical (unpaired) electrons. The van der Waals surface area contributed by atoms with Gasteiger partial charge in [-0.05, 0) is 31.6 Å². The molecule has 2 aromatic rings. The Bertz CT molecular complexity index is 721. The van der Waals surface area contributed by atoms with Crippen molar-refractivity contribution in [3.05, 3.63) is 54.0 Å². The van der Waals surface area contributed by atoms with Gasteiger partial charge in [0.25, 0.3) is 0 Å². The van der Waals surface area contributed by atoms with Gasteiger partial charge in [-0.15, -0.1) is 0 Å². The van der Waals surface area contributed by atoms with E-state index < -0.39 is 5.97 Å². The summed E-state index contributed by atoms with van der Waals surface area (Å²) in [5.41, 5.74) is 0.613. The molecule has 0 N–H and O–H groups in total. The Labute approximate surface area is 122 Å². The minimum absolute atomic E-state index is 0.195. The van der Waals surface area contributed by atoms with E-state index in [1.165, 1.54) is 0 Å². The van der Waals surface area contributed by atoms with Crippen molar-refractivity contribution in [2.24, 2.45) is 0 Å². The Morgan fingerprint density at radius 2 is 2.29 bits per heavy atom. The lowest BCUT2D eigenvalue weighted by atomic mass is 10.1.